The molecule has 0 aliphatic carbocycles. The molecule has 1 heterocycles. The van der Waals surface area contributed by atoms with Crippen LogP contribution in [0.25, 0.3) is 0 Å². The Morgan fingerprint density at radius 1 is 1.00 bits per heavy atom. The molecule has 0 amide bonds. The van der Waals surface area contributed by atoms with Gasteiger partial charge < -0.3 is 0 Å². The van der Waals surface area contributed by atoms with Crippen LogP contribution in [0, 0.1) is 23.8 Å². The Kier molecular flexibility index (Phi) is 5.60. The lowest BCUT2D eigenvalue weighted by Crippen LogP contribution is -2.43. The van der Waals surface area contributed by atoms with E-state index in [1.54, 1.807) is 12.4 Å². The van der Waals surface area contributed by atoms with Gasteiger partial charge in [-0.15, -0.1) is 12.0 Å². The monoisotopic (exact) mass is 283 g/mol. The summed E-state index contributed by atoms with van der Waals surface area (Å²) in [4.78, 5) is 4.15. The predicted molar refractivity (Wildman–Crippen MR) is 90.1 cm³/mol. The maximum Gasteiger partial charge on any atom is 0.146 e. The van der Waals surface area contributed by atoms with Crippen molar-refractivity contribution >= 4 is 8.07 Å². The Balaban J connectivity index is 3.35. The molecule has 1 nitrogen and oxygen atoms in total. The van der Waals surface area contributed by atoms with Crippen molar-refractivity contribution in [3.63, 3.8) is 0 Å². The molecule has 0 aliphatic heterocycles. The standard InChI is InChI=1S/C18H25NSi/c1-8-17-9-11-19-13-18(17)10-12-20(14(2)3,15(4)5)16(6)7/h1,9,11,13-16H,2-7H3. The second-order valence-electron chi connectivity index (χ2n) is 6.21. The molecular weight excluding hydrogens is 258 g/mol. The van der Waals surface area contributed by atoms with Crippen LogP contribution in [0.3, 0.4) is 0 Å². The van der Waals surface area contributed by atoms with Crippen LogP contribution in [0.15, 0.2) is 18.5 Å². The van der Waals surface area contributed by atoms with Crippen LogP contribution in [-0.2, 0) is 0 Å². The number of pyridine rings is 1. The normalized spacial score (nSPS) is 11.4. The molecule has 0 atom stereocenters. The number of nitrogens with zero attached hydrogens (tertiary/aromatic N) is 1. The summed E-state index contributed by atoms with van der Waals surface area (Å²) in [6.07, 6.45) is 9.04. The summed E-state index contributed by atoms with van der Waals surface area (Å²) in [6.45, 7) is 13.9. The highest BCUT2D eigenvalue weighted by atomic mass is 28.3. The van der Waals surface area contributed by atoms with Gasteiger partial charge in [-0.25, -0.2) is 0 Å². The predicted octanol–water partition coefficient (Wildman–Crippen LogP) is 4.63. The Morgan fingerprint density at radius 3 is 2.00 bits per heavy atom. The Labute approximate surface area is 125 Å². The Morgan fingerprint density at radius 2 is 1.55 bits per heavy atom. The van der Waals surface area contributed by atoms with Crippen LogP contribution in [0.1, 0.15) is 52.7 Å². The molecule has 0 aliphatic rings. The van der Waals surface area contributed by atoms with E-state index < -0.39 is 8.07 Å². The fourth-order valence-electron chi connectivity index (χ4n) is 3.23. The number of rotatable bonds is 3. The molecule has 0 aromatic carbocycles. The minimum absolute atomic E-state index is 0.626. The van der Waals surface area contributed by atoms with E-state index in [0.717, 1.165) is 11.1 Å². The van der Waals surface area contributed by atoms with Crippen molar-refractivity contribution in [3.8, 4) is 23.8 Å². The fraction of sp³-hybridized carbons (Fsp3) is 0.500. The average molecular weight is 283 g/mol. The van der Waals surface area contributed by atoms with Gasteiger partial charge >= 0.3 is 0 Å². The second-order valence-corrected chi connectivity index (χ2v) is 11.8. The quantitative estimate of drug-likeness (QED) is 0.582. The summed E-state index contributed by atoms with van der Waals surface area (Å²) in [5.41, 5.74) is 7.28. The molecule has 0 fully saturated rings. The van der Waals surface area contributed by atoms with Gasteiger partial charge in [-0.05, 0) is 22.7 Å². The molecular formula is C18H25NSi. The summed E-state index contributed by atoms with van der Waals surface area (Å²) in [6, 6.07) is 1.85. The first-order valence-corrected chi connectivity index (χ1v) is 9.53. The van der Waals surface area contributed by atoms with Gasteiger partial charge in [0.25, 0.3) is 0 Å². The number of hydrogen-bond donors (Lipinski definition) is 0. The molecule has 1 rings (SSSR count). The number of terminal acetylenes is 1. The summed E-state index contributed by atoms with van der Waals surface area (Å²) in [5.74, 6) is 6.05. The molecule has 2 heteroatoms. The van der Waals surface area contributed by atoms with E-state index >= 15 is 0 Å². The summed E-state index contributed by atoms with van der Waals surface area (Å²) in [5, 5.41) is 0. The number of aromatic nitrogens is 1. The van der Waals surface area contributed by atoms with E-state index in [-0.39, 0.29) is 0 Å². The van der Waals surface area contributed by atoms with Gasteiger partial charge in [0.2, 0.25) is 0 Å². The van der Waals surface area contributed by atoms with Crippen LogP contribution >= 0.6 is 0 Å². The van der Waals surface area contributed by atoms with Gasteiger partial charge in [-0.3, -0.25) is 4.98 Å². The second kappa shape index (κ2) is 6.78. The third-order valence-electron chi connectivity index (χ3n) is 4.26. The molecule has 0 unspecified atom stereocenters. The van der Waals surface area contributed by atoms with Crippen molar-refractivity contribution in [2.24, 2.45) is 0 Å². The van der Waals surface area contributed by atoms with Crippen molar-refractivity contribution in [2.75, 3.05) is 0 Å². The topological polar surface area (TPSA) is 12.9 Å². The lowest BCUT2D eigenvalue weighted by molar-refractivity contribution is 0.838. The molecule has 1 aromatic rings. The van der Waals surface area contributed by atoms with E-state index in [1.807, 2.05) is 6.07 Å². The zero-order chi connectivity index (χ0) is 15.3. The first-order valence-electron chi connectivity index (χ1n) is 7.30. The zero-order valence-electron chi connectivity index (χ0n) is 13.5. The van der Waals surface area contributed by atoms with Crippen LogP contribution in [0.4, 0.5) is 0 Å². The smallest absolute Gasteiger partial charge is 0.146 e. The zero-order valence-corrected chi connectivity index (χ0v) is 14.5. The van der Waals surface area contributed by atoms with E-state index in [2.05, 4.69) is 63.9 Å². The van der Waals surface area contributed by atoms with Crippen molar-refractivity contribution < 1.29 is 0 Å². The van der Waals surface area contributed by atoms with Crippen LogP contribution in [0.2, 0.25) is 16.6 Å². The molecule has 0 spiro atoms. The highest BCUT2D eigenvalue weighted by molar-refractivity contribution is 6.90. The summed E-state index contributed by atoms with van der Waals surface area (Å²) in [7, 11) is -1.70. The van der Waals surface area contributed by atoms with Gasteiger partial charge in [0.05, 0.1) is 5.56 Å². The molecule has 0 bridgehead atoms. The van der Waals surface area contributed by atoms with E-state index in [1.165, 1.54) is 0 Å². The largest absolute Gasteiger partial charge is 0.263 e. The third kappa shape index (κ3) is 3.14. The van der Waals surface area contributed by atoms with E-state index in [9.17, 15) is 0 Å². The summed E-state index contributed by atoms with van der Waals surface area (Å²) < 4.78 is 0. The van der Waals surface area contributed by atoms with Crippen molar-refractivity contribution in [2.45, 2.75) is 58.2 Å². The fourth-order valence-corrected chi connectivity index (χ4v) is 8.45. The van der Waals surface area contributed by atoms with Crippen LogP contribution < -0.4 is 0 Å². The lowest BCUT2D eigenvalue weighted by Gasteiger charge is -2.38. The third-order valence-corrected chi connectivity index (χ3v) is 10.5. The van der Waals surface area contributed by atoms with Gasteiger partial charge in [-0.2, -0.15) is 0 Å². The molecule has 0 N–H and O–H groups in total. The summed E-state index contributed by atoms with van der Waals surface area (Å²) >= 11 is 0. The first kappa shape index (κ1) is 16.5. The van der Waals surface area contributed by atoms with Gasteiger partial charge in [0, 0.05) is 18.0 Å². The highest BCUT2D eigenvalue weighted by Crippen LogP contribution is 2.40. The van der Waals surface area contributed by atoms with Crippen molar-refractivity contribution in [1.82, 2.24) is 4.98 Å². The first-order chi connectivity index (χ1) is 9.36. The molecule has 106 valence electrons. The van der Waals surface area contributed by atoms with E-state index in [0.29, 0.717) is 16.6 Å². The van der Waals surface area contributed by atoms with Crippen molar-refractivity contribution in [1.29, 1.82) is 0 Å². The van der Waals surface area contributed by atoms with Crippen LogP contribution in [-0.4, -0.2) is 13.1 Å². The Hall–Kier alpha value is -1.51. The highest BCUT2D eigenvalue weighted by Gasteiger charge is 2.41. The maximum atomic E-state index is 5.54. The van der Waals surface area contributed by atoms with Crippen LogP contribution in [0.5, 0.6) is 0 Å². The minimum atomic E-state index is -1.70. The molecule has 0 saturated carbocycles. The average Bonchev–Trinajstić information content (AvgIpc) is 2.38. The SMILES string of the molecule is C#Cc1ccncc1C#C[Si](C(C)C)(C(C)C)C(C)C. The number of hydrogen-bond acceptors (Lipinski definition) is 1. The molecule has 0 radical (unpaired) electrons. The van der Waals surface area contributed by atoms with Gasteiger partial charge in [0.1, 0.15) is 8.07 Å². The molecule has 0 saturated heterocycles. The van der Waals surface area contributed by atoms with Gasteiger partial charge in [-0.1, -0.05) is 53.4 Å². The molecule has 20 heavy (non-hydrogen) atoms. The van der Waals surface area contributed by atoms with E-state index in [4.69, 9.17) is 6.42 Å². The minimum Gasteiger partial charge on any atom is -0.263 e. The maximum absolute atomic E-state index is 5.54. The Bertz CT molecular complexity index is 531. The molecule has 1 aromatic heterocycles. The van der Waals surface area contributed by atoms with Crippen molar-refractivity contribution in [3.05, 3.63) is 29.6 Å². The lowest BCUT2D eigenvalue weighted by atomic mass is 10.1. The van der Waals surface area contributed by atoms with Gasteiger partial charge in [0.15, 0.2) is 0 Å².